The molecule has 2 N–H and O–H groups in total. The maximum absolute atomic E-state index is 9.01. The molecular weight excluding hydrogens is 270 g/mol. The van der Waals surface area contributed by atoms with Gasteiger partial charge in [-0.3, -0.25) is 0 Å². The summed E-state index contributed by atoms with van der Waals surface area (Å²) < 4.78 is 16.4. The lowest BCUT2D eigenvalue weighted by Gasteiger charge is -2.09. The molecule has 1 aliphatic heterocycles. The van der Waals surface area contributed by atoms with Crippen molar-refractivity contribution in [1.29, 1.82) is 0 Å². The predicted octanol–water partition coefficient (Wildman–Crippen LogP) is 2.69. The summed E-state index contributed by atoms with van der Waals surface area (Å²) in [5, 5.41) is 9.01. The van der Waals surface area contributed by atoms with E-state index in [9.17, 15) is 0 Å². The first-order valence-electron chi connectivity index (χ1n) is 6.72. The molecule has 1 heterocycles. The lowest BCUT2D eigenvalue weighted by atomic mass is 10.1. The van der Waals surface area contributed by atoms with Crippen LogP contribution in [-0.2, 0) is 6.61 Å². The molecule has 110 valence electrons. The first-order valence-corrected chi connectivity index (χ1v) is 6.72. The molecule has 21 heavy (non-hydrogen) atoms. The molecule has 5 heteroatoms. The quantitative estimate of drug-likeness (QED) is 0.828. The fourth-order valence-electron chi connectivity index (χ4n) is 2.28. The third-order valence-electron chi connectivity index (χ3n) is 3.49. The third kappa shape index (κ3) is 2.94. The van der Waals surface area contributed by atoms with Gasteiger partial charge in [0.25, 0.3) is 0 Å². The molecule has 1 aliphatic rings. The van der Waals surface area contributed by atoms with Gasteiger partial charge in [0.05, 0.1) is 13.2 Å². The normalized spacial score (nSPS) is 16.2. The molecule has 5 nitrogen and oxygen atoms in total. The molecule has 0 aliphatic carbocycles. The summed E-state index contributed by atoms with van der Waals surface area (Å²) in [6.45, 7) is 0.901. The molecule has 0 aromatic heterocycles. The summed E-state index contributed by atoms with van der Waals surface area (Å²) in [6, 6.07) is 13.2. The van der Waals surface area contributed by atoms with Gasteiger partial charge in [0.2, 0.25) is 0 Å². The smallest absolute Gasteiger partial charge is 0.128 e. The Bertz CT molecular complexity index is 612. The summed E-state index contributed by atoms with van der Waals surface area (Å²) in [6.07, 6.45) is 0. The highest BCUT2D eigenvalue weighted by atomic mass is 16.5. The van der Waals surface area contributed by atoms with Crippen LogP contribution in [0.4, 0.5) is 0 Å². The van der Waals surface area contributed by atoms with E-state index in [1.807, 2.05) is 42.5 Å². The highest BCUT2D eigenvalue weighted by Crippen LogP contribution is 2.35. The van der Waals surface area contributed by atoms with Crippen LogP contribution < -0.4 is 19.7 Å². The number of nitrogens with one attached hydrogen (secondary N) is 1. The van der Waals surface area contributed by atoms with Crippen LogP contribution in [0, 0.1) is 0 Å². The number of hydrogen-bond donors (Lipinski definition) is 2. The monoisotopic (exact) mass is 287 g/mol. The maximum Gasteiger partial charge on any atom is 0.128 e. The zero-order chi connectivity index (χ0) is 14.7. The van der Waals surface area contributed by atoms with Crippen LogP contribution in [0.2, 0.25) is 0 Å². The Morgan fingerprint density at radius 2 is 1.95 bits per heavy atom. The zero-order valence-electron chi connectivity index (χ0n) is 11.7. The minimum Gasteiger partial charge on any atom is -0.497 e. The van der Waals surface area contributed by atoms with Crippen LogP contribution >= 0.6 is 0 Å². The van der Waals surface area contributed by atoms with Crippen molar-refractivity contribution in [2.45, 2.75) is 12.6 Å². The largest absolute Gasteiger partial charge is 0.497 e. The number of rotatable bonds is 5. The van der Waals surface area contributed by atoms with E-state index in [2.05, 4.69) is 5.48 Å². The van der Waals surface area contributed by atoms with Crippen molar-refractivity contribution < 1.29 is 19.4 Å². The van der Waals surface area contributed by atoms with Crippen molar-refractivity contribution in [2.75, 3.05) is 13.7 Å². The van der Waals surface area contributed by atoms with E-state index < -0.39 is 0 Å². The van der Waals surface area contributed by atoms with Crippen molar-refractivity contribution in [3.8, 4) is 17.2 Å². The maximum atomic E-state index is 9.01. The van der Waals surface area contributed by atoms with Gasteiger partial charge in [0, 0.05) is 11.6 Å². The molecule has 0 saturated heterocycles. The van der Waals surface area contributed by atoms with E-state index in [0.29, 0.717) is 13.2 Å². The third-order valence-corrected chi connectivity index (χ3v) is 3.49. The molecule has 0 radical (unpaired) electrons. The Labute approximate surface area is 123 Å². The van der Waals surface area contributed by atoms with Crippen molar-refractivity contribution in [2.24, 2.45) is 0 Å². The van der Waals surface area contributed by atoms with Crippen molar-refractivity contribution in [3.05, 3.63) is 53.6 Å². The average molecular weight is 287 g/mol. The highest BCUT2D eigenvalue weighted by Gasteiger charge is 2.23. The summed E-state index contributed by atoms with van der Waals surface area (Å²) >= 11 is 0. The number of benzene rings is 2. The fourth-order valence-corrected chi connectivity index (χ4v) is 2.28. The average Bonchev–Trinajstić information content (AvgIpc) is 2.95. The SMILES string of the molecule is COc1ccc(COc2ccc3c(c2)OCC3NO)cc1. The van der Waals surface area contributed by atoms with Crippen LogP contribution in [0.1, 0.15) is 17.2 Å². The van der Waals surface area contributed by atoms with Crippen LogP contribution in [0.25, 0.3) is 0 Å². The van der Waals surface area contributed by atoms with Gasteiger partial charge in [0.15, 0.2) is 0 Å². The molecule has 2 aromatic rings. The Morgan fingerprint density at radius 3 is 2.67 bits per heavy atom. The van der Waals surface area contributed by atoms with E-state index in [1.54, 1.807) is 7.11 Å². The van der Waals surface area contributed by atoms with E-state index >= 15 is 0 Å². The summed E-state index contributed by atoms with van der Waals surface area (Å²) in [7, 11) is 1.64. The van der Waals surface area contributed by atoms with Gasteiger partial charge in [-0.1, -0.05) is 12.1 Å². The Hall–Kier alpha value is -2.24. The Balaban J connectivity index is 1.65. The standard InChI is InChI=1S/C16H17NO4/c1-19-12-4-2-11(3-5-12)9-20-13-6-7-14-15(17-18)10-21-16(14)8-13/h2-8,15,17-18H,9-10H2,1H3. The summed E-state index contributed by atoms with van der Waals surface area (Å²) in [5.74, 6) is 2.31. The molecule has 1 atom stereocenters. The lowest BCUT2D eigenvalue weighted by Crippen LogP contribution is -2.17. The second kappa shape index (κ2) is 6.03. The number of fused-ring (bicyclic) bond motifs is 1. The first kappa shape index (κ1) is 13.7. The highest BCUT2D eigenvalue weighted by molar-refractivity contribution is 5.45. The summed E-state index contributed by atoms with van der Waals surface area (Å²) in [4.78, 5) is 0. The van der Waals surface area contributed by atoms with Gasteiger partial charge in [-0.05, 0) is 29.8 Å². The molecule has 3 rings (SSSR count). The lowest BCUT2D eigenvalue weighted by molar-refractivity contribution is 0.113. The molecule has 0 fully saturated rings. The zero-order valence-corrected chi connectivity index (χ0v) is 11.7. The molecule has 0 amide bonds. The van der Waals surface area contributed by atoms with Gasteiger partial charge in [0.1, 0.15) is 30.5 Å². The Kier molecular flexibility index (Phi) is 3.94. The molecule has 0 saturated carbocycles. The minimum atomic E-state index is -0.171. The van der Waals surface area contributed by atoms with Gasteiger partial charge in [-0.25, -0.2) is 0 Å². The van der Waals surface area contributed by atoms with Crippen LogP contribution in [0.3, 0.4) is 0 Å². The Morgan fingerprint density at radius 1 is 1.19 bits per heavy atom. The van der Waals surface area contributed by atoms with E-state index in [0.717, 1.165) is 28.4 Å². The molecule has 2 aromatic carbocycles. The number of hydroxylamine groups is 1. The topological polar surface area (TPSA) is 60.0 Å². The minimum absolute atomic E-state index is 0.171. The second-order valence-corrected chi connectivity index (χ2v) is 4.83. The van der Waals surface area contributed by atoms with Crippen molar-refractivity contribution in [1.82, 2.24) is 5.48 Å². The van der Waals surface area contributed by atoms with Gasteiger partial charge in [-0.2, -0.15) is 5.48 Å². The van der Waals surface area contributed by atoms with E-state index in [4.69, 9.17) is 19.4 Å². The molecular formula is C16H17NO4. The van der Waals surface area contributed by atoms with Crippen molar-refractivity contribution in [3.63, 3.8) is 0 Å². The van der Waals surface area contributed by atoms with Gasteiger partial charge < -0.3 is 19.4 Å². The molecule has 1 unspecified atom stereocenters. The molecule has 0 bridgehead atoms. The second-order valence-electron chi connectivity index (χ2n) is 4.83. The number of hydrogen-bond acceptors (Lipinski definition) is 5. The van der Waals surface area contributed by atoms with Crippen LogP contribution in [-0.4, -0.2) is 18.9 Å². The van der Waals surface area contributed by atoms with E-state index in [1.165, 1.54) is 0 Å². The van der Waals surface area contributed by atoms with Gasteiger partial charge in [-0.15, -0.1) is 0 Å². The molecule has 0 spiro atoms. The fraction of sp³-hybridized carbons (Fsp3) is 0.250. The number of ether oxygens (including phenoxy) is 3. The van der Waals surface area contributed by atoms with Crippen LogP contribution in [0.5, 0.6) is 17.2 Å². The van der Waals surface area contributed by atoms with Gasteiger partial charge >= 0.3 is 0 Å². The summed E-state index contributed by atoms with van der Waals surface area (Å²) in [5.41, 5.74) is 4.23. The first-order chi connectivity index (χ1) is 10.3. The van der Waals surface area contributed by atoms with Crippen molar-refractivity contribution >= 4 is 0 Å². The number of methoxy groups -OCH3 is 1. The van der Waals surface area contributed by atoms with E-state index in [-0.39, 0.29) is 6.04 Å². The van der Waals surface area contributed by atoms with Crippen LogP contribution in [0.15, 0.2) is 42.5 Å². The predicted molar refractivity (Wildman–Crippen MR) is 76.9 cm³/mol.